The van der Waals surface area contributed by atoms with Crippen molar-refractivity contribution in [3.8, 4) is 5.75 Å². The summed E-state index contributed by atoms with van der Waals surface area (Å²) >= 11 is 0. The van der Waals surface area contributed by atoms with E-state index in [0.29, 0.717) is 11.8 Å². The predicted molar refractivity (Wildman–Crippen MR) is 80.2 cm³/mol. The van der Waals surface area contributed by atoms with Gasteiger partial charge in [0, 0.05) is 12.6 Å². The summed E-state index contributed by atoms with van der Waals surface area (Å²) in [5.41, 5.74) is 2.15. The molecule has 2 aliphatic rings. The molecule has 1 N–H and O–H groups in total. The summed E-state index contributed by atoms with van der Waals surface area (Å²) < 4.78 is 5.64. The Kier molecular flexibility index (Phi) is 4.15. The summed E-state index contributed by atoms with van der Waals surface area (Å²) in [4.78, 5) is 14.0. The number of rotatable bonds is 5. The quantitative estimate of drug-likeness (QED) is 0.906. The number of likely N-dealkylation sites (N-methyl/N-ethyl adjacent to an activating group) is 1. The fourth-order valence-corrected chi connectivity index (χ4v) is 3.09. The minimum atomic E-state index is -0.397. The molecule has 4 nitrogen and oxygen atoms in total. The van der Waals surface area contributed by atoms with Gasteiger partial charge in [-0.15, -0.1) is 0 Å². The van der Waals surface area contributed by atoms with Crippen molar-refractivity contribution < 1.29 is 14.6 Å². The fraction of sp³-hybridized carbons (Fsp3) is 0.588. The van der Waals surface area contributed by atoms with Crippen LogP contribution in [0.1, 0.15) is 49.8 Å². The first kappa shape index (κ1) is 14.4. The Bertz CT molecular complexity index is 525. The van der Waals surface area contributed by atoms with E-state index >= 15 is 0 Å². The molecule has 4 heteroatoms. The molecule has 21 heavy (non-hydrogen) atoms. The maximum absolute atomic E-state index is 12.1. The second-order valence-electron chi connectivity index (χ2n) is 5.97. The van der Waals surface area contributed by atoms with E-state index in [9.17, 15) is 9.90 Å². The zero-order chi connectivity index (χ0) is 14.8. The third-order valence-corrected chi connectivity index (χ3v) is 4.41. The Balaban J connectivity index is 1.62. The minimum Gasteiger partial charge on any atom is -0.484 e. The Morgan fingerprint density at radius 1 is 1.38 bits per heavy atom. The van der Waals surface area contributed by atoms with Crippen molar-refractivity contribution in [3.05, 3.63) is 29.3 Å². The lowest BCUT2D eigenvalue weighted by Gasteiger charge is -2.23. The minimum absolute atomic E-state index is 0.0540. The molecule has 1 aromatic rings. The number of aliphatic hydroxyl groups is 1. The van der Waals surface area contributed by atoms with E-state index in [0.717, 1.165) is 44.2 Å². The fourth-order valence-electron chi connectivity index (χ4n) is 3.09. The summed E-state index contributed by atoms with van der Waals surface area (Å²) in [6, 6.07) is 6.23. The highest BCUT2D eigenvalue weighted by Crippen LogP contribution is 2.32. The molecular formula is C17H23NO3. The van der Waals surface area contributed by atoms with Crippen LogP contribution in [0.5, 0.6) is 5.75 Å². The Morgan fingerprint density at radius 2 is 2.19 bits per heavy atom. The van der Waals surface area contributed by atoms with Crippen molar-refractivity contribution >= 4 is 5.91 Å². The maximum Gasteiger partial charge on any atom is 0.260 e. The first-order chi connectivity index (χ1) is 10.2. The van der Waals surface area contributed by atoms with Gasteiger partial charge in [-0.25, -0.2) is 0 Å². The van der Waals surface area contributed by atoms with Crippen LogP contribution < -0.4 is 4.74 Å². The van der Waals surface area contributed by atoms with Gasteiger partial charge in [-0.05, 0) is 62.3 Å². The van der Waals surface area contributed by atoms with Gasteiger partial charge in [-0.3, -0.25) is 4.79 Å². The average Bonchev–Trinajstić information content (AvgIpc) is 3.31. The second-order valence-corrected chi connectivity index (χ2v) is 5.97. The van der Waals surface area contributed by atoms with Gasteiger partial charge in [0.25, 0.3) is 5.91 Å². The molecule has 3 rings (SSSR count). The molecule has 1 aromatic carbocycles. The van der Waals surface area contributed by atoms with Crippen LogP contribution >= 0.6 is 0 Å². The number of benzene rings is 1. The van der Waals surface area contributed by atoms with Gasteiger partial charge in [0.15, 0.2) is 6.61 Å². The summed E-state index contributed by atoms with van der Waals surface area (Å²) in [5, 5.41) is 10.0. The molecule has 114 valence electrons. The number of aryl methyl sites for hydroxylation is 1. The smallest absolute Gasteiger partial charge is 0.260 e. The molecule has 0 aromatic heterocycles. The molecule has 1 atom stereocenters. The van der Waals surface area contributed by atoms with Crippen molar-refractivity contribution in [1.82, 2.24) is 4.90 Å². The van der Waals surface area contributed by atoms with Crippen LogP contribution in [0.3, 0.4) is 0 Å². The Hall–Kier alpha value is -1.55. The van der Waals surface area contributed by atoms with Crippen LogP contribution in [0.4, 0.5) is 0 Å². The summed E-state index contributed by atoms with van der Waals surface area (Å²) in [7, 11) is 0. The Morgan fingerprint density at radius 3 is 2.90 bits per heavy atom. The van der Waals surface area contributed by atoms with Crippen LogP contribution in [0.2, 0.25) is 0 Å². The predicted octanol–water partition coefficient (Wildman–Crippen LogP) is 2.45. The number of hydrogen-bond acceptors (Lipinski definition) is 3. The summed E-state index contributed by atoms with van der Waals surface area (Å²) in [5.74, 6) is 0.730. The van der Waals surface area contributed by atoms with E-state index in [1.54, 1.807) is 0 Å². The van der Waals surface area contributed by atoms with Crippen LogP contribution in [-0.2, 0) is 11.2 Å². The monoisotopic (exact) mass is 289 g/mol. The number of ether oxygens (including phenoxy) is 1. The molecule has 0 saturated heterocycles. The zero-order valence-electron chi connectivity index (χ0n) is 12.5. The summed E-state index contributed by atoms with van der Waals surface area (Å²) in [6.45, 7) is 2.83. The van der Waals surface area contributed by atoms with Crippen LogP contribution in [0.25, 0.3) is 0 Å². The first-order valence-corrected chi connectivity index (χ1v) is 7.92. The van der Waals surface area contributed by atoms with E-state index in [4.69, 9.17) is 4.74 Å². The molecule has 0 heterocycles. The molecule has 0 bridgehead atoms. The number of amides is 1. The van der Waals surface area contributed by atoms with Gasteiger partial charge in [-0.1, -0.05) is 6.07 Å². The van der Waals surface area contributed by atoms with Crippen LogP contribution in [0, 0.1) is 0 Å². The van der Waals surface area contributed by atoms with E-state index < -0.39 is 6.10 Å². The zero-order valence-corrected chi connectivity index (χ0v) is 12.5. The highest BCUT2D eigenvalue weighted by molar-refractivity contribution is 5.78. The highest BCUT2D eigenvalue weighted by Gasteiger charge is 2.31. The highest BCUT2D eigenvalue weighted by atomic mass is 16.5. The van der Waals surface area contributed by atoms with Crippen molar-refractivity contribution in [2.45, 2.75) is 51.2 Å². The first-order valence-electron chi connectivity index (χ1n) is 7.92. The van der Waals surface area contributed by atoms with E-state index in [2.05, 4.69) is 0 Å². The Labute approximate surface area is 125 Å². The van der Waals surface area contributed by atoms with Crippen molar-refractivity contribution in [3.63, 3.8) is 0 Å². The van der Waals surface area contributed by atoms with Crippen LogP contribution in [0.15, 0.2) is 18.2 Å². The number of carbonyl (C=O) groups is 1. The molecule has 0 radical (unpaired) electrons. The van der Waals surface area contributed by atoms with E-state index in [1.165, 1.54) is 5.56 Å². The number of aliphatic hydroxyl groups excluding tert-OH is 1. The lowest BCUT2D eigenvalue weighted by Crippen LogP contribution is -2.36. The van der Waals surface area contributed by atoms with Gasteiger partial charge in [0.05, 0.1) is 6.10 Å². The van der Waals surface area contributed by atoms with Crippen molar-refractivity contribution in [2.24, 2.45) is 0 Å². The molecule has 1 amide bonds. The maximum atomic E-state index is 12.1. The van der Waals surface area contributed by atoms with Gasteiger partial charge in [-0.2, -0.15) is 0 Å². The topological polar surface area (TPSA) is 49.8 Å². The van der Waals surface area contributed by atoms with Gasteiger partial charge in [0.2, 0.25) is 0 Å². The van der Waals surface area contributed by atoms with Crippen molar-refractivity contribution in [1.29, 1.82) is 0 Å². The third kappa shape index (κ3) is 3.21. The molecular weight excluding hydrogens is 266 g/mol. The number of nitrogens with zero attached hydrogens (tertiary/aromatic N) is 1. The molecule has 1 saturated carbocycles. The number of carbonyl (C=O) groups excluding carboxylic acids is 1. The number of fused-ring (bicyclic) bond motifs is 1. The second kappa shape index (κ2) is 6.06. The largest absolute Gasteiger partial charge is 0.484 e. The van der Waals surface area contributed by atoms with Gasteiger partial charge < -0.3 is 14.7 Å². The normalized spacial score (nSPS) is 20.8. The standard InChI is InChI=1S/C17H23NO3/c1-2-18(13-7-8-13)17(20)11-21-14-9-6-12-4-3-5-16(19)15(12)10-14/h6,9-10,13,16,19H,2-5,7-8,11H2,1H3/t16-/m1/s1. The molecule has 1 fully saturated rings. The van der Waals surface area contributed by atoms with Crippen molar-refractivity contribution in [2.75, 3.05) is 13.2 Å². The lowest BCUT2D eigenvalue weighted by molar-refractivity contribution is -0.133. The molecule has 2 aliphatic carbocycles. The molecule has 0 unspecified atom stereocenters. The molecule has 0 aliphatic heterocycles. The van der Waals surface area contributed by atoms with Crippen LogP contribution in [-0.4, -0.2) is 35.1 Å². The lowest BCUT2D eigenvalue weighted by atomic mass is 9.89. The summed E-state index contributed by atoms with van der Waals surface area (Å²) in [6.07, 6.45) is 4.68. The average molecular weight is 289 g/mol. The SMILES string of the molecule is CCN(C(=O)COc1ccc2c(c1)[C@H](O)CCC2)C1CC1. The molecule has 0 spiro atoms. The van der Waals surface area contributed by atoms with Gasteiger partial charge >= 0.3 is 0 Å². The third-order valence-electron chi connectivity index (χ3n) is 4.41. The van der Waals surface area contributed by atoms with E-state index in [1.807, 2.05) is 30.0 Å². The van der Waals surface area contributed by atoms with Gasteiger partial charge in [0.1, 0.15) is 5.75 Å². The number of hydrogen-bond donors (Lipinski definition) is 1. The van der Waals surface area contributed by atoms with E-state index in [-0.39, 0.29) is 12.5 Å².